The first kappa shape index (κ1) is 35.6. The number of ether oxygens (including phenoxy) is 1. The zero-order chi connectivity index (χ0) is 35.5. The molecule has 1 aliphatic heterocycles. The summed E-state index contributed by atoms with van der Waals surface area (Å²) in [7, 11) is 3.99. The summed E-state index contributed by atoms with van der Waals surface area (Å²) in [5.74, 6) is -1.22. The van der Waals surface area contributed by atoms with Crippen molar-refractivity contribution in [3.05, 3.63) is 80.5 Å². The van der Waals surface area contributed by atoms with Gasteiger partial charge in [-0.1, -0.05) is 31.7 Å². The summed E-state index contributed by atoms with van der Waals surface area (Å²) in [5.41, 5.74) is -0.252. The van der Waals surface area contributed by atoms with E-state index in [1.54, 1.807) is 37.3 Å². The standard InChI is InChI=1S/C38H40FN5O6.CH4/c1-38(2,3)50-37(48)41-21-12-15-43(19-21)36(47)27-20-44-29-17-24-22-10-6-7-11-23(22)33(45)25(24)18-30(29)49-35-31(40-13-8-9-14-42(4)5)28(39)16-26(32(35)44)34(27)46;/h6-7,10-11,16-18,20-21,40H,8-9,12-15,19H2,1-5H3,(H,41,48);1H4/t21-;/m0./s1. The van der Waals surface area contributed by atoms with E-state index < -0.39 is 28.8 Å². The van der Waals surface area contributed by atoms with Crippen LogP contribution in [0.15, 0.2) is 62.7 Å². The first-order valence-electron chi connectivity index (χ1n) is 16.9. The number of alkyl carbamates (subject to hydrolysis) is 1. The minimum atomic E-state index is -0.691. The molecule has 51 heavy (non-hydrogen) atoms. The van der Waals surface area contributed by atoms with Gasteiger partial charge in [-0.25, -0.2) is 9.18 Å². The molecular weight excluding hydrogens is 653 g/mol. The summed E-state index contributed by atoms with van der Waals surface area (Å²) >= 11 is 0. The Hall–Kier alpha value is -5.23. The van der Waals surface area contributed by atoms with E-state index in [-0.39, 0.29) is 47.7 Å². The minimum Gasteiger partial charge on any atom is -0.451 e. The van der Waals surface area contributed by atoms with Crippen molar-refractivity contribution >= 4 is 66.8 Å². The molecular formula is C39H44FN5O6. The topological polar surface area (TPSA) is 126 Å². The van der Waals surface area contributed by atoms with Crippen molar-refractivity contribution in [1.82, 2.24) is 19.5 Å². The highest BCUT2D eigenvalue weighted by Crippen LogP contribution is 2.36. The smallest absolute Gasteiger partial charge is 0.407 e. The molecule has 1 fully saturated rings. The summed E-state index contributed by atoms with van der Waals surface area (Å²) in [6.45, 7) is 7.13. The molecule has 268 valence electrons. The lowest BCUT2D eigenvalue weighted by Crippen LogP contribution is -2.41. The number of pyridine rings is 1. The number of aromatic nitrogens is 1. The molecule has 0 bridgehead atoms. The van der Waals surface area contributed by atoms with Gasteiger partial charge in [0.2, 0.25) is 5.43 Å². The quantitative estimate of drug-likeness (QED) is 0.104. The van der Waals surface area contributed by atoms with Crippen molar-refractivity contribution in [1.29, 1.82) is 0 Å². The predicted octanol–water partition coefficient (Wildman–Crippen LogP) is 6.57. The van der Waals surface area contributed by atoms with Gasteiger partial charge in [0.05, 0.1) is 16.9 Å². The highest BCUT2D eigenvalue weighted by molar-refractivity contribution is 6.15. The molecule has 0 radical (unpaired) electrons. The lowest BCUT2D eigenvalue weighted by Gasteiger charge is -2.22. The molecule has 2 amide bonds. The molecule has 2 N–H and O–H groups in total. The lowest BCUT2D eigenvalue weighted by atomic mass is 10.1. The number of halogens is 1. The fourth-order valence-electron chi connectivity index (χ4n) is 6.93. The van der Waals surface area contributed by atoms with E-state index in [9.17, 15) is 19.2 Å². The SMILES string of the molecule is C.CN(C)CCCCNc1c(F)cc2c(=O)c(C(=O)N3CC[C@H](NC(=O)OC(C)(C)C)C3)cn3c4cc5c(cc4oc1c23)c(=O)c1ccccc15. The van der Waals surface area contributed by atoms with Gasteiger partial charge in [0.25, 0.3) is 5.91 Å². The number of anilines is 1. The van der Waals surface area contributed by atoms with Crippen LogP contribution in [0.1, 0.15) is 57.8 Å². The Morgan fingerprint density at radius 2 is 1.75 bits per heavy atom. The monoisotopic (exact) mass is 697 g/mol. The number of hydrogen-bond donors (Lipinski definition) is 2. The van der Waals surface area contributed by atoms with Gasteiger partial charge in [0, 0.05) is 36.6 Å². The predicted molar refractivity (Wildman–Crippen MR) is 200 cm³/mol. The summed E-state index contributed by atoms with van der Waals surface area (Å²) in [6.07, 6.45) is 3.04. The average Bonchev–Trinajstić information content (AvgIpc) is 3.63. The minimum absolute atomic E-state index is 0. The van der Waals surface area contributed by atoms with Crippen molar-refractivity contribution in [3.8, 4) is 0 Å². The van der Waals surface area contributed by atoms with Crippen LogP contribution in [0.5, 0.6) is 0 Å². The van der Waals surface area contributed by atoms with Crippen LogP contribution in [0.3, 0.4) is 0 Å². The number of fused-ring (bicyclic) bond motifs is 5. The van der Waals surface area contributed by atoms with E-state index in [0.29, 0.717) is 52.3 Å². The van der Waals surface area contributed by atoms with Gasteiger partial charge in [0.15, 0.2) is 22.4 Å². The number of nitrogens with one attached hydrogen (secondary N) is 2. The third-order valence-corrected chi connectivity index (χ3v) is 9.23. The molecule has 1 aliphatic rings. The molecule has 6 aromatic rings. The largest absolute Gasteiger partial charge is 0.451 e. The number of rotatable bonds is 8. The molecule has 1 saturated heterocycles. The molecule has 12 heteroatoms. The Morgan fingerprint density at radius 3 is 2.47 bits per heavy atom. The van der Waals surface area contributed by atoms with E-state index in [1.807, 2.05) is 38.4 Å². The molecule has 0 saturated carbocycles. The van der Waals surface area contributed by atoms with E-state index in [4.69, 9.17) is 9.15 Å². The molecule has 3 heterocycles. The van der Waals surface area contributed by atoms with Crippen LogP contribution in [0.4, 0.5) is 14.9 Å². The van der Waals surface area contributed by atoms with Crippen molar-refractivity contribution < 1.29 is 23.1 Å². The van der Waals surface area contributed by atoms with Crippen LogP contribution in [-0.2, 0) is 4.74 Å². The summed E-state index contributed by atoms with van der Waals surface area (Å²) in [6, 6.07) is 11.6. The van der Waals surface area contributed by atoms with E-state index >= 15 is 4.39 Å². The third kappa shape index (κ3) is 6.56. The number of hydrogen-bond acceptors (Lipinski definition) is 8. The average molecular weight is 698 g/mol. The van der Waals surface area contributed by atoms with Crippen molar-refractivity contribution in [2.75, 3.05) is 45.6 Å². The number of likely N-dealkylation sites (tertiary alicyclic amines) is 1. The molecule has 1 atom stereocenters. The van der Waals surface area contributed by atoms with Gasteiger partial charge < -0.3 is 34.0 Å². The van der Waals surface area contributed by atoms with Gasteiger partial charge in [-0.2, -0.15) is 0 Å². The Morgan fingerprint density at radius 1 is 1.00 bits per heavy atom. The number of nitrogens with zero attached hydrogens (tertiary/aromatic N) is 3. The van der Waals surface area contributed by atoms with Crippen molar-refractivity contribution in [2.24, 2.45) is 0 Å². The van der Waals surface area contributed by atoms with Crippen molar-refractivity contribution in [3.63, 3.8) is 0 Å². The summed E-state index contributed by atoms with van der Waals surface area (Å²) in [4.78, 5) is 57.5. The van der Waals surface area contributed by atoms with E-state index in [1.165, 1.54) is 11.1 Å². The second kappa shape index (κ2) is 13.5. The Kier molecular flexibility index (Phi) is 9.41. The van der Waals surface area contributed by atoms with Gasteiger partial charge in [-0.15, -0.1) is 0 Å². The zero-order valence-electron chi connectivity index (χ0n) is 28.8. The number of benzene rings is 3. The maximum atomic E-state index is 16.0. The molecule has 0 aliphatic carbocycles. The fraction of sp³-hybridized carbons (Fsp3) is 0.385. The summed E-state index contributed by atoms with van der Waals surface area (Å²) < 4.78 is 29.5. The maximum absolute atomic E-state index is 16.0. The normalized spacial score (nSPS) is 15.0. The lowest BCUT2D eigenvalue weighted by molar-refractivity contribution is 0.0502. The molecule has 7 rings (SSSR count). The Bertz CT molecular complexity index is 2430. The molecule has 0 unspecified atom stereocenters. The molecule has 2 aromatic heterocycles. The number of unbranched alkanes of at least 4 members (excludes halogenated alkanes) is 1. The first-order valence-corrected chi connectivity index (χ1v) is 16.9. The van der Waals surface area contributed by atoms with Crippen LogP contribution < -0.4 is 21.5 Å². The molecule has 11 nitrogen and oxygen atoms in total. The Balaban J connectivity index is 0.00000448. The van der Waals surface area contributed by atoms with Crippen LogP contribution in [0.2, 0.25) is 0 Å². The van der Waals surface area contributed by atoms with Crippen LogP contribution in [0.25, 0.3) is 49.1 Å². The fourth-order valence-corrected chi connectivity index (χ4v) is 6.93. The second-order valence-corrected chi connectivity index (χ2v) is 14.4. The second-order valence-electron chi connectivity index (χ2n) is 14.4. The van der Waals surface area contributed by atoms with E-state index in [2.05, 4.69) is 15.5 Å². The number of carbonyl (C=O) groups excluding carboxylic acids is 2. The summed E-state index contributed by atoms with van der Waals surface area (Å²) in [5, 5.41) is 8.48. The van der Waals surface area contributed by atoms with E-state index in [0.717, 1.165) is 30.8 Å². The first-order chi connectivity index (χ1) is 23.8. The number of carbonyl (C=O) groups is 2. The highest BCUT2D eigenvalue weighted by atomic mass is 19.1. The van der Waals surface area contributed by atoms with Gasteiger partial charge in [-0.3, -0.25) is 14.4 Å². The van der Waals surface area contributed by atoms with Gasteiger partial charge in [0.1, 0.15) is 22.4 Å². The van der Waals surface area contributed by atoms with Crippen molar-refractivity contribution in [2.45, 2.75) is 59.1 Å². The maximum Gasteiger partial charge on any atom is 0.407 e. The molecule has 0 spiro atoms. The number of amides is 2. The van der Waals surface area contributed by atoms with Crippen LogP contribution in [0, 0.1) is 5.82 Å². The van der Waals surface area contributed by atoms with Crippen LogP contribution in [-0.4, -0.2) is 78.1 Å². The Labute approximate surface area is 294 Å². The third-order valence-electron chi connectivity index (χ3n) is 9.23. The van der Waals surface area contributed by atoms with Crippen LogP contribution >= 0.6 is 0 Å². The van der Waals surface area contributed by atoms with Gasteiger partial charge >= 0.3 is 6.09 Å². The zero-order valence-corrected chi connectivity index (χ0v) is 28.8. The van der Waals surface area contributed by atoms with Gasteiger partial charge in [-0.05, 0) is 89.6 Å². The highest BCUT2D eigenvalue weighted by Gasteiger charge is 2.32. The molecule has 4 aromatic carbocycles.